The number of imidazole rings is 1. The van der Waals surface area contributed by atoms with Gasteiger partial charge in [-0.3, -0.25) is 9.89 Å². The summed E-state index contributed by atoms with van der Waals surface area (Å²) >= 11 is 0. The summed E-state index contributed by atoms with van der Waals surface area (Å²) in [6.45, 7) is 2.25. The van der Waals surface area contributed by atoms with E-state index in [2.05, 4.69) is 32.3 Å². The van der Waals surface area contributed by atoms with Crippen molar-refractivity contribution < 1.29 is 4.79 Å². The molecule has 6 nitrogen and oxygen atoms in total. The Morgan fingerprint density at radius 1 is 1.04 bits per heavy atom. The van der Waals surface area contributed by atoms with Crippen LogP contribution in [0, 0.1) is 6.92 Å². The molecule has 2 N–H and O–H groups in total. The Labute approximate surface area is 156 Å². The number of aromatic nitrogens is 4. The smallest absolute Gasteiger partial charge is 0.279 e. The van der Waals surface area contributed by atoms with E-state index >= 15 is 0 Å². The average molecular weight is 357 g/mol. The number of carbonyl (C=O) groups is 1. The lowest BCUT2D eigenvalue weighted by Gasteiger charge is -2.22. The molecule has 134 valence electrons. The molecule has 0 saturated carbocycles. The predicted molar refractivity (Wildman–Crippen MR) is 104 cm³/mol. The molecule has 4 aromatic rings. The number of benzene rings is 2. The third-order valence-electron chi connectivity index (χ3n) is 4.32. The SMILES string of the molecule is Cc1cc(C(=O)N(Cc2cnc[nH]2)c2cccc(-c3ccccc3)c2)n[nH]1. The third-order valence-corrected chi connectivity index (χ3v) is 4.32. The van der Waals surface area contributed by atoms with Gasteiger partial charge in [-0.1, -0.05) is 42.5 Å². The molecule has 2 aromatic carbocycles. The van der Waals surface area contributed by atoms with E-state index in [1.165, 1.54) is 0 Å². The second kappa shape index (κ2) is 7.29. The summed E-state index contributed by atoms with van der Waals surface area (Å²) < 4.78 is 0. The van der Waals surface area contributed by atoms with E-state index in [-0.39, 0.29) is 5.91 Å². The molecule has 0 aliphatic rings. The van der Waals surface area contributed by atoms with E-state index < -0.39 is 0 Å². The van der Waals surface area contributed by atoms with Crippen molar-refractivity contribution in [1.82, 2.24) is 20.2 Å². The topological polar surface area (TPSA) is 77.7 Å². The first-order valence-electron chi connectivity index (χ1n) is 8.67. The number of aryl methyl sites for hydroxylation is 1. The molecule has 0 atom stereocenters. The fraction of sp³-hybridized carbons (Fsp3) is 0.0952. The van der Waals surface area contributed by atoms with E-state index in [1.807, 2.05) is 49.4 Å². The Morgan fingerprint density at radius 3 is 2.56 bits per heavy atom. The van der Waals surface area contributed by atoms with Gasteiger partial charge < -0.3 is 9.88 Å². The minimum absolute atomic E-state index is 0.167. The number of aromatic amines is 2. The van der Waals surface area contributed by atoms with Gasteiger partial charge in [-0.15, -0.1) is 0 Å². The Bertz CT molecular complexity index is 1040. The second-order valence-electron chi connectivity index (χ2n) is 6.32. The van der Waals surface area contributed by atoms with Gasteiger partial charge in [0, 0.05) is 17.6 Å². The molecule has 0 spiro atoms. The van der Waals surface area contributed by atoms with Gasteiger partial charge in [-0.05, 0) is 36.2 Å². The molecule has 0 radical (unpaired) electrons. The molecule has 2 heterocycles. The van der Waals surface area contributed by atoms with Crippen LogP contribution in [0.15, 0.2) is 73.2 Å². The van der Waals surface area contributed by atoms with Crippen molar-refractivity contribution in [2.75, 3.05) is 4.90 Å². The average Bonchev–Trinajstić information content (AvgIpc) is 3.38. The van der Waals surface area contributed by atoms with Crippen molar-refractivity contribution in [1.29, 1.82) is 0 Å². The number of nitrogens with zero attached hydrogens (tertiary/aromatic N) is 3. The van der Waals surface area contributed by atoms with Crippen LogP contribution in [-0.4, -0.2) is 26.1 Å². The van der Waals surface area contributed by atoms with Crippen molar-refractivity contribution in [3.05, 3.63) is 90.3 Å². The first-order chi connectivity index (χ1) is 13.2. The normalized spacial score (nSPS) is 10.7. The molecule has 0 bridgehead atoms. The summed E-state index contributed by atoms with van der Waals surface area (Å²) in [7, 11) is 0. The fourth-order valence-electron chi connectivity index (χ4n) is 2.97. The summed E-state index contributed by atoms with van der Waals surface area (Å²) in [6.07, 6.45) is 3.33. The van der Waals surface area contributed by atoms with Crippen LogP contribution in [-0.2, 0) is 6.54 Å². The molecule has 0 saturated heterocycles. The number of rotatable bonds is 5. The van der Waals surface area contributed by atoms with Gasteiger partial charge >= 0.3 is 0 Å². The van der Waals surface area contributed by atoms with Gasteiger partial charge in [-0.25, -0.2) is 4.98 Å². The number of nitrogens with one attached hydrogen (secondary N) is 2. The summed E-state index contributed by atoms with van der Waals surface area (Å²) in [5, 5.41) is 6.96. The first-order valence-corrected chi connectivity index (χ1v) is 8.67. The fourth-order valence-corrected chi connectivity index (χ4v) is 2.97. The quantitative estimate of drug-likeness (QED) is 0.568. The Balaban J connectivity index is 1.73. The van der Waals surface area contributed by atoms with E-state index in [0.717, 1.165) is 28.2 Å². The molecule has 27 heavy (non-hydrogen) atoms. The zero-order chi connectivity index (χ0) is 18.6. The number of carbonyl (C=O) groups excluding carboxylic acids is 1. The lowest BCUT2D eigenvalue weighted by molar-refractivity contribution is 0.0980. The van der Waals surface area contributed by atoms with E-state index in [0.29, 0.717) is 12.2 Å². The molecule has 0 aliphatic heterocycles. The van der Waals surface area contributed by atoms with Crippen molar-refractivity contribution in [2.45, 2.75) is 13.5 Å². The maximum absolute atomic E-state index is 13.1. The highest BCUT2D eigenvalue weighted by Gasteiger charge is 2.21. The molecule has 4 rings (SSSR count). The summed E-state index contributed by atoms with van der Waals surface area (Å²) in [5.74, 6) is -0.167. The van der Waals surface area contributed by atoms with Crippen LogP contribution < -0.4 is 4.90 Å². The molecule has 0 aliphatic carbocycles. The maximum Gasteiger partial charge on any atom is 0.279 e. The van der Waals surface area contributed by atoms with Gasteiger partial charge in [0.2, 0.25) is 0 Å². The Hall–Kier alpha value is -3.67. The van der Waals surface area contributed by atoms with Gasteiger partial charge in [0.05, 0.1) is 18.6 Å². The molecule has 0 fully saturated rings. The molecular weight excluding hydrogens is 338 g/mol. The van der Waals surface area contributed by atoms with E-state index in [9.17, 15) is 4.79 Å². The number of hydrogen-bond acceptors (Lipinski definition) is 3. The molecule has 2 aromatic heterocycles. The highest BCUT2D eigenvalue weighted by Crippen LogP contribution is 2.26. The monoisotopic (exact) mass is 357 g/mol. The molecule has 0 unspecified atom stereocenters. The third kappa shape index (κ3) is 3.64. The van der Waals surface area contributed by atoms with Crippen LogP contribution in [0.4, 0.5) is 5.69 Å². The summed E-state index contributed by atoms with van der Waals surface area (Å²) in [4.78, 5) is 22.0. The van der Waals surface area contributed by atoms with Crippen LogP contribution in [0.3, 0.4) is 0 Å². The summed E-state index contributed by atoms with van der Waals surface area (Å²) in [5.41, 5.74) is 5.03. The van der Waals surface area contributed by atoms with Crippen LogP contribution in [0.25, 0.3) is 11.1 Å². The highest BCUT2D eigenvalue weighted by molar-refractivity contribution is 6.05. The molecule has 1 amide bonds. The second-order valence-corrected chi connectivity index (χ2v) is 6.32. The minimum Gasteiger partial charge on any atom is -0.347 e. The summed E-state index contributed by atoms with van der Waals surface area (Å²) in [6, 6.07) is 19.8. The number of H-pyrrole nitrogens is 2. The number of hydrogen-bond donors (Lipinski definition) is 2. The Morgan fingerprint density at radius 2 is 1.85 bits per heavy atom. The Kier molecular flexibility index (Phi) is 4.53. The van der Waals surface area contributed by atoms with Gasteiger partial charge in [-0.2, -0.15) is 5.10 Å². The predicted octanol–water partition coefficient (Wildman–Crippen LogP) is 3.96. The van der Waals surface area contributed by atoms with E-state index in [1.54, 1.807) is 23.5 Å². The molecular formula is C21H19N5O. The lowest BCUT2D eigenvalue weighted by atomic mass is 10.0. The van der Waals surface area contributed by atoms with Crippen LogP contribution >= 0.6 is 0 Å². The van der Waals surface area contributed by atoms with Crippen LogP contribution in [0.2, 0.25) is 0 Å². The van der Waals surface area contributed by atoms with Crippen LogP contribution in [0.1, 0.15) is 21.9 Å². The van der Waals surface area contributed by atoms with Crippen molar-refractivity contribution >= 4 is 11.6 Å². The van der Waals surface area contributed by atoms with Gasteiger partial charge in [0.25, 0.3) is 5.91 Å². The minimum atomic E-state index is -0.167. The largest absolute Gasteiger partial charge is 0.347 e. The van der Waals surface area contributed by atoms with Crippen molar-refractivity contribution in [3.8, 4) is 11.1 Å². The zero-order valence-corrected chi connectivity index (χ0v) is 14.9. The van der Waals surface area contributed by atoms with Gasteiger partial charge in [0.15, 0.2) is 5.69 Å². The van der Waals surface area contributed by atoms with Crippen molar-refractivity contribution in [2.24, 2.45) is 0 Å². The number of amides is 1. The lowest BCUT2D eigenvalue weighted by Crippen LogP contribution is -2.31. The highest BCUT2D eigenvalue weighted by atomic mass is 16.2. The zero-order valence-electron chi connectivity index (χ0n) is 14.9. The molecule has 6 heteroatoms. The number of anilines is 1. The van der Waals surface area contributed by atoms with Crippen LogP contribution in [0.5, 0.6) is 0 Å². The standard InChI is InChI=1S/C21H19N5O/c1-15-10-20(25-24-15)21(27)26(13-18-12-22-14-23-18)19-9-5-8-17(11-19)16-6-3-2-4-7-16/h2-12,14H,13H2,1H3,(H,22,23)(H,24,25). The first kappa shape index (κ1) is 16.8. The van der Waals surface area contributed by atoms with Gasteiger partial charge in [0.1, 0.15) is 0 Å². The van der Waals surface area contributed by atoms with Crippen molar-refractivity contribution in [3.63, 3.8) is 0 Å². The van der Waals surface area contributed by atoms with E-state index in [4.69, 9.17) is 0 Å². The maximum atomic E-state index is 13.1.